The molecule has 0 saturated carbocycles. The Hall–Kier alpha value is -1.38. The molecule has 1 saturated heterocycles. The molecule has 1 aliphatic heterocycles. The molecule has 1 fully saturated rings. The summed E-state index contributed by atoms with van der Waals surface area (Å²) in [6.07, 6.45) is -0.740. The number of hydrogen-bond donors (Lipinski definition) is 2. The summed E-state index contributed by atoms with van der Waals surface area (Å²) in [6.45, 7) is 1.43. The summed E-state index contributed by atoms with van der Waals surface area (Å²) in [7, 11) is 3.05. The van der Waals surface area contributed by atoms with Crippen LogP contribution in [0.5, 0.6) is 0 Å². The monoisotopic (exact) mass is 290 g/mol. The number of likely N-dealkylation sites (tertiary alicyclic amines) is 1. The van der Waals surface area contributed by atoms with Gasteiger partial charge in [-0.3, -0.25) is 0 Å². The van der Waals surface area contributed by atoms with Gasteiger partial charge in [-0.25, -0.2) is 9.59 Å². The second kappa shape index (κ2) is 8.03. The van der Waals surface area contributed by atoms with Crippen molar-refractivity contribution in [1.29, 1.82) is 0 Å². The highest BCUT2D eigenvalue weighted by atomic mass is 16.5. The van der Waals surface area contributed by atoms with Gasteiger partial charge in [0.2, 0.25) is 0 Å². The number of rotatable bonds is 7. The van der Waals surface area contributed by atoms with Crippen molar-refractivity contribution in [3.05, 3.63) is 0 Å². The van der Waals surface area contributed by atoms with Gasteiger partial charge in [0.15, 0.2) is 0 Å². The molecule has 2 N–H and O–H groups in total. The Morgan fingerprint density at radius 3 is 2.25 bits per heavy atom. The molecular formula is C12H22N2O6. The van der Waals surface area contributed by atoms with Crippen LogP contribution in [0.3, 0.4) is 0 Å². The molecule has 0 bridgehead atoms. The van der Waals surface area contributed by atoms with E-state index in [0.29, 0.717) is 26.3 Å². The number of aliphatic hydroxyl groups is 1. The van der Waals surface area contributed by atoms with E-state index in [-0.39, 0.29) is 13.0 Å². The first-order valence-electron chi connectivity index (χ1n) is 6.45. The van der Waals surface area contributed by atoms with Crippen LogP contribution in [0.1, 0.15) is 6.42 Å². The van der Waals surface area contributed by atoms with Gasteiger partial charge < -0.3 is 29.5 Å². The van der Waals surface area contributed by atoms with Gasteiger partial charge in [-0.15, -0.1) is 0 Å². The van der Waals surface area contributed by atoms with E-state index in [1.165, 1.54) is 24.0 Å². The molecule has 0 aromatic heterocycles. The van der Waals surface area contributed by atoms with Crippen LogP contribution in [0.15, 0.2) is 0 Å². The molecular weight excluding hydrogens is 268 g/mol. The average Bonchev–Trinajstić information content (AvgIpc) is 2.80. The summed E-state index contributed by atoms with van der Waals surface area (Å²) in [5.41, 5.74) is 0. The van der Waals surface area contributed by atoms with Crippen LogP contribution < -0.4 is 0 Å². The fourth-order valence-corrected chi connectivity index (χ4v) is 2.15. The summed E-state index contributed by atoms with van der Waals surface area (Å²) >= 11 is 0. The number of aliphatic hydroxyl groups excluding tert-OH is 1. The minimum absolute atomic E-state index is 0.0340. The number of carbonyl (C=O) groups is 2. The summed E-state index contributed by atoms with van der Waals surface area (Å²) in [5.74, 6) is -1.10. The maximum absolute atomic E-state index is 12.4. The third-order valence-corrected chi connectivity index (χ3v) is 3.21. The number of hydrogen-bond acceptors (Lipinski definition) is 5. The van der Waals surface area contributed by atoms with Crippen molar-refractivity contribution in [2.45, 2.75) is 18.6 Å². The van der Waals surface area contributed by atoms with Crippen LogP contribution in [0.4, 0.5) is 4.79 Å². The first kappa shape index (κ1) is 16.7. The van der Waals surface area contributed by atoms with Crippen molar-refractivity contribution in [3.8, 4) is 0 Å². The maximum atomic E-state index is 12.4. The quantitative estimate of drug-likeness (QED) is 0.638. The molecule has 0 aliphatic carbocycles. The lowest BCUT2D eigenvalue weighted by atomic mass is 10.2. The lowest BCUT2D eigenvalue weighted by Gasteiger charge is -2.30. The number of nitrogens with zero attached hydrogens (tertiary/aromatic N) is 2. The minimum atomic E-state index is -1.10. The van der Waals surface area contributed by atoms with Gasteiger partial charge in [0.1, 0.15) is 6.04 Å². The molecule has 8 heteroatoms. The van der Waals surface area contributed by atoms with E-state index in [2.05, 4.69) is 0 Å². The predicted octanol–water partition coefficient (Wildman–Crippen LogP) is -0.779. The predicted molar refractivity (Wildman–Crippen MR) is 69.5 cm³/mol. The van der Waals surface area contributed by atoms with Crippen molar-refractivity contribution < 1.29 is 29.3 Å². The summed E-state index contributed by atoms with van der Waals surface area (Å²) in [5, 5.41) is 18.7. The minimum Gasteiger partial charge on any atom is -0.480 e. The van der Waals surface area contributed by atoms with Gasteiger partial charge in [0.05, 0.1) is 19.3 Å². The highest BCUT2D eigenvalue weighted by Crippen LogP contribution is 2.20. The lowest BCUT2D eigenvalue weighted by molar-refractivity contribution is -0.141. The van der Waals surface area contributed by atoms with Gasteiger partial charge in [-0.2, -0.15) is 0 Å². The zero-order valence-corrected chi connectivity index (χ0v) is 11.8. The molecule has 1 heterocycles. The number of urea groups is 1. The van der Waals surface area contributed by atoms with E-state index in [4.69, 9.17) is 14.6 Å². The fourth-order valence-electron chi connectivity index (χ4n) is 2.15. The van der Waals surface area contributed by atoms with E-state index >= 15 is 0 Å². The molecule has 8 nitrogen and oxygen atoms in total. The molecule has 0 spiro atoms. The van der Waals surface area contributed by atoms with Crippen molar-refractivity contribution in [2.75, 3.05) is 47.1 Å². The molecule has 0 aromatic carbocycles. The maximum Gasteiger partial charge on any atom is 0.326 e. The van der Waals surface area contributed by atoms with Crippen LogP contribution in [-0.2, 0) is 14.3 Å². The molecule has 1 aliphatic rings. The molecule has 20 heavy (non-hydrogen) atoms. The number of β-amino-alcohol motifs (C(OH)–C–C–N with tert-alkyl or cyclic N) is 1. The zero-order valence-electron chi connectivity index (χ0n) is 11.8. The van der Waals surface area contributed by atoms with Gasteiger partial charge in [0.25, 0.3) is 0 Å². The Morgan fingerprint density at radius 1 is 1.25 bits per heavy atom. The van der Waals surface area contributed by atoms with E-state index in [9.17, 15) is 14.7 Å². The Balaban J connectivity index is 2.73. The first-order valence-corrected chi connectivity index (χ1v) is 6.45. The fraction of sp³-hybridized carbons (Fsp3) is 0.833. The molecule has 0 aromatic rings. The van der Waals surface area contributed by atoms with Gasteiger partial charge in [-0.1, -0.05) is 0 Å². The van der Waals surface area contributed by atoms with Gasteiger partial charge in [-0.05, 0) is 0 Å². The molecule has 2 amide bonds. The van der Waals surface area contributed by atoms with Crippen LogP contribution in [0, 0.1) is 0 Å². The number of carbonyl (C=O) groups excluding carboxylic acids is 1. The van der Waals surface area contributed by atoms with Crippen LogP contribution in [-0.4, -0.2) is 91.2 Å². The Bertz CT molecular complexity index is 330. The third kappa shape index (κ3) is 4.32. The number of ether oxygens (including phenoxy) is 2. The van der Waals surface area contributed by atoms with E-state index in [1.54, 1.807) is 0 Å². The van der Waals surface area contributed by atoms with Crippen molar-refractivity contribution >= 4 is 12.0 Å². The Labute approximate surface area is 117 Å². The Morgan fingerprint density at radius 2 is 1.80 bits per heavy atom. The first-order chi connectivity index (χ1) is 9.51. The van der Waals surface area contributed by atoms with Crippen LogP contribution in [0.2, 0.25) is 0 Å². The second-order valence-electron chi connectivity index (χ2n) is 4.65. The largest absolute Gasteiger partial charge is 0.480 e. The number of amides is 2. The highest BCUT2D eigenvalue weighted by molar-refractivity contribution is 5.83. The smallest absolute Gasteiger partial charge is 0.326 e. The van der Waals surface area contributed by atoms with E-state index in [0.717, 1.165) is 0 Å². The van der Waals surface area contributed by atoms with E-state index < -0.39 is 24.1 Å². The summed E-state index contributed by atoms with van der Waals surface area (Å²) in [4.78, 5) is 26.2. The number of aliphatic carboxylic acids is 1. The molecule has 116 valence electrons. The summed E-state index contributed by atoms with van der Waals surface area (Å²) < 4.78 is 9.88. The van der Waals surface area contributed by atoms with Crippen LogP contribution in [0.25, 0.3) is 0 Å². The normalized spacial score (nSPS) is 22.1. The SMILES string of the molecule is COCCN(CCOC)C(=O)N1C[C@H](O)C[C@H]1C(=O)O. The lowest BCUT2D eigenvalue weighted by Crippen LogP contribution is -2.49. The molecule has 0 radical (unpaired) electrons. The highest BCUT2D eigenvalue weighted by Gasteiger charge is 2.40. The van der Waals surface area contributed by atoms with Gasteiger partial charge >= 0.3 is 12.0 Å². The van der Waals surface area contributed by atoms with E-state index in [1.807, 2.05) is 0 Å². The van der Waals surface area contributed by atoms with Crippen molar-refractivity contribution in [1.82, 2.24) is 9.80 Å². The number of carboxylic acids is 1. The van der Waals surface area contributed by atoms with Crippen molar-refractivity contribution in [2.24, 2.45) is 0 Å². The van der Waals surface area contributed by atoms with Crippen molar-refractivity contribution in [3.63, 3.8) is 0 Å². The topological polar surface area (TPSA) is 99.5 Å². The van der Waals surface area contributed by atoms with Crippen LogP contribution >= 0.6 is 0 Å². The average molecular weight is 290 g/mol. The third-order valence-electron chi connectivity index (χ3n) is 3.21. The van der Waals surface area contributed by atoms with Gasteiger partial charge in [0, 0.05) is 40.3 Å². The molecule has 0 unspecified atom stereocenters. The second-order valence-corrected chi connectivity index (χ2v) is 4.65. The summed E-state index contributed by atoms with van der Waals surface area (Å²) in [6, 6.07) is -1.40. The number of carboxylic acid groups (broad SMARTS) is 1. The number of methoxy groups -OCH3 is 2. The Kier molecular flexibility index (Phi) is 6.69. The molecule has 1 rings (SSSR count). The molecule has 2 atom stereocenters. The standard InChI is InChI=1S/C12H22N2O6/c1-19-5-3-13(4-6-20-2)12(18)14-8-9(15)7-10(14)11(16)17/h9-10,15H,3-8H2,1-2H3,(H,16,17)/t9-,10+/m1/s1. The zero-order chi connectivity index (χ0) is 15.1.